The van der Waals surface area contributed by atoms with Gasteiger partial charge in [-0.25, -0.2) is 13.2 Å². The minimum atomic E-state index is -3.29. The lowest BCUT2D eigenvalue weighted by Gasteiger charge is -2.13. The topological polar surface area (TPSA) is 104 Å². The van der Waals surface area contributed by atoms with Crippen molar-refractivity contribution < 1.29 is 18.0 Å². The van der Waals surface area contributed by atoms with E-state index in [1.165, 1.54) is 12.1 Å². The van der Waals surface area contributed by atoms with E-state index in [4.69, 9.17) is 0 Å². The number of carbonyl (C=O) groups is 2. The number of anilines is 1. The Balaban J connectivity index is 1.68. The van der Waals surface area contributed by atoms with Crippen molar-refractivity contribution in [3.05, 3.63) is 24.3 Å². The molecule has 0 saturated carbocycles. The first-order chi connectivity index (χ1) is 11.8. The number of hydrogen-bond acceptors (Lipinski definition) is 4. The molecular formula is C17H25N3O4S. The first kappa shape index (κ1) is 19.2. The van der Waals surface area contributed by atoms with Gasteiger partial charge >= 0.3 is 6.03 Å². The van der Waals surface area contributed by atoms with Crippen molar-refractivity contribution in [1.82, 2.24) is 10.6 Å². The van der Waals surface area contributed by atoms with Gasteiger partial charge in [-0.05, 0) is 38.0 Å². The van der Waals surface area contributed by atoms with Crippen molar-refractivity contribution >= 4 is 27.5 Å². The standard InChI is InChI=1S/C17H25N3O4S/c1-12-15(20-17(22)18-12)9-4-3-5-10-16(21)19-13-7-6-8-14(11-13)25(2,23)24/h6-8,11-12,15H,3-5,9-10H2,1-2H3,(H,19,21)(H2,18,20,22)/t12-,15-/m0/s1. The fraction of sp³-hybridized carbons (Fsp3) is 0.529. The number of rotatable bonds is 8. The minimum Gasteiger partial charge on any atom is -0.334 e. The van der Waals surface area contributed by atoms with Crippen LogP contribution in [0.2, 0.25) is 0 Å². The van der Waals surface area contributed by atoms with E-state index in [-0.39, 0.29) is 28.9 Å². The van der Waals surface area contributed by atoms with Crippen LogP contribution in [0.15, 0.2) is 29.2 Å². The van der Waals surface area contributed by atoms with Crippen LogP contribution in [-0.2, 0) is 14.6 Å². The van der Waals surface area contributed by atoms with Gasteiger partial charge in [-0.3, -0.25) is 4.79 Å². The van der Waals surface area contributed by atoms with Crippen LogP contribution in [0, 0.1) is 0 Å². The summed E-state index contributed by atoms with van der Waals surface area (Å²) in [5, 5.41) is 8.42. The molecule has 2 atom stereocenters. The average Bonchev–Trinajstić information content (AvgIpc) is 2.84. The Morgan fingerprint density at radius 3 is 2.60 bits per heavy atom. The molecule has 138 valence electrons. The molecule has 7 nitrogen and oxygen atoms in total. The smallest absolute Gasteiger partial charge is 0.315 e. The number of amides is 3. The molecule has 1 heterocycles. The summed E-state index contributed by atoms with van der Waals surface area (Å²) in [6.45, 7) is 1.97. The zero-order valence-corrected chi connectivity index (χ0v) is 15.4. The highest BCUT2D eigenvalue weighted by molar-refractivity contribution is 7.90. The Kier molecular flexibility index (Phi) is 6.41. The fourth-order valence-electron chi connectivity index (χ4n) is 2.82. The highest BCUT2D eigenvalue weighted by atomic mass is 32.2. The third-order valence-electron chi connectivity index (χ3n) is 4.24. The van der Waals surface area contributed by atoms with Crippen molar-refractivity contribution in [3.63, 3.8) is 0 Å². The van der Waals surface area contributed by atoms with Gasteiger partial charge in [0.05, 0.1) is 10.9 Å². The maximum atomic E-state index is 12.0. The number of unbranched alkanes of at least 4 members (excludes halogenated alkanes) is 2. The van der Waals surface area contributed by atoms with Crippen LogP contribution in [0.5, 0.6) is 0 Å². The molecule has 1 aromatic carbocycles. The lowest BCUT2D eigenvalue weighted by molar-refractivity contribution is -0.116. The van der Waals surface area contributed by atoms with E-state index in [1.54, 1.807) is 12.1 Å². The van der Waals surface area contributed by atoms with E-state index < -0.39 is 9.84 Å². The molecule has 1 saturated heterocycles. The molecule has 0 spiro atoms. The molecule has 2 rings (SSSR count). The molecule has 0 bridgehead atoms. The van der Waals surface area contributed by atoms with E-state index in [2.05, 4.69) is 16.0 Å². The Hall–Kier alpha value is -2.09. The van der Waals surface area contributed by atoms with Crippen molar-refractivity contribution in [2.24, 2.45) is 0 Å². The number of hydrogen-bond donors (Lipinski definition) is 3. The summed E-state index contributed by atoms with van der Waals surface area (Å²) in [4.78, 5) is 23.3. The lowest BCUT2D eigenvalue weighted by atomic mass is 10.0. The molecule has 0 unspecified atom stereocenters. The van der Waals surface area contributed by atoms with Crippen LogP contribution in [0.1, 0.15) is 39.0 Å². The zero-order valence-electron chi connectivity index (χ0n) is 14.5. The summed E-state index contributed by atoms with van der Waals surface area (Å²) in [5.74, 6) is -0.130. The first-order valence-corrected chi connectivity index (χ1v) is 10.3. The van der Waals surface area contributed by atoms with Gasteiger partial charge < -0.3 is 16.0 Å². The third-order valence-corrected chi connectivity index (χ3v) is 5.35. The molecular weight excluding hydrogens is 342 g/mol. The summed E-state index contributed by atoms with van der Waals surface area (Å²) in [6.07, 6.45) is 4.99. The van der Waals surface area contributed by atoms with Crippen LogP contribution in [0.25, 0.3) is 0 Å². The lowest BCUT2D eigenvalue weighted by Crippen LogP contribution is -2.30. The van der Waals surface area contributed by atoms with Crippen LogP contribution in [-0.4, -0.2) is 38.7 Å². The summed E-state index contributed by atoms with van der Waals surface area (Å²) in [7, 11) is -3.29. The van der Waals surface area contributed by atoms with Gasteiger partial charge in [-0.2, -0.15) is 0 Å². The van der Waals surface area contributed by atoms with Crippen LogP contribution < -0.4 is 16.0 Å². The second-order valence-corrected chi connectivity index (χ2v) is 8.48. The van der Waals surface area contributed by atoms with Crippen molar-refractivity contribution in [3.8, 4) is 0 Å². The molecule has 8 heteroatoms. The predicted octanol–water partition coefficient (Wildman–Crippen LogP) is 2.05. The second kappa shape index (κ2) is 8.33. The van der Waals surface area contributed by atoms with Crippen molar-refractivity contribution in [1.29, 1.82) is 0 Å². The highest BCUT2D eigenvalue weighted by Gasteiger charge is 2.26. The monoisotopic (exact) mass is 367 g/mol. The van der Waals surface area contributed by atoms with E-state index >= 15 is 0 Å². The molecule has 1 fully saturated rings. The first-order valence-electron chi connectivity index (χ1n) is 8.43. The molecule has 0 aromatic heterocycles. The molecule has 0 aliphatic carbocycles. The molecule has 3 N–H and O–H groups in total. The molecule has 1 aliphatic heterocycles. The SMILES string of the molecule is C[C@@H]1NC(=O)N[C@H]1CCCCCC(=O)Nc1cccc(S(C)(=O)=O)c1. The Morgan fingerprint density at radius 2 is 1.96 bits per heavy atom. The number of carbonyl (C=O) groups excluding carboxylic acids is 2. The average molecular weight is 367 g/mol. The number of urea groups is 1. The zero-order chi connectivity index (χ0) is 18.4. The van der Waals surface area contributed by atoms with Crippen LogP contribution in [0.3, 0.4) is 0 Å². The summed E-state index contributed by atoms with van der Waals surface area (Å²) < 4.78 is 23.0. The van der Waals surface area contributed by atoms with E-state index in [9.17, 15) is 18.0 Å². The summed E-state index contributed by atoms with van der Waals surface area (Å²) >= 11 is 0. The van der Waals surface area contributed by atoms with Gasteiger partial charge in [0, 0.05) is 24.4 Å². The van der Waals surface area contributed by atoms with Gasteiger partial charge in [0.1, 0.15) is 0 Å². The quantitative estimate of drug-likeness (QED) is 0.612. The van der Waals surface area contributed by atoms with Crippen LogP contribution in [0.4, 0.5) is 10.5 Å². The Labute approximate surface area is 148 Å². The summed E-state index contributed by atoms with van der Waals surface area (Å²) in [6, 6.07) is 6.42. The van der Waals surface area contributed by atoms with Crippen molar-refractivity contribution in [2.75, 3.05) is 11.6 Å². The van der Waals surface area contributed by atoms with Gasteiger partial charge in [-0.15, -0.1) is 0 Å². The number of nitrogens with one attached hydrogen (secondary N) is 3. The normalized spacial score (nSPS) is 20.0. The predicted molar refractivity (Wildman–Crippen MR) is 96.2 cm³/mol. The Bertz CT molecular complexity index is 733. The van der Waals surface area contributed by atoms with E-state index in [0.29, 0.717) is 12.1 Å². The number of sulfone groups is 1. The van der Waals surface area contributed by atoms with Gasteiger partial charge in [0.15, 0.2) is 9.84 Å². The van der Waals surface area contributed by atoms with E-state index in [0.717, 1.165) is 31.9 Å². The molecule has 3 amide bonds. The molecule has 0 radical (unpaired) electrons. The maximum Gasteiger partial charge on any atom is 0.315 e. The van der Waals surface area contributed by atoms with Crippen molar-refractivity contribution in [2.45, 2.75) is 56.0 Å². The van der Waals surface area contributed by atoms with E-state index in [1.807, 2.05) is 6.92 Å². The molecule has 1 aliphatic rings. The Morgan fingerprint density at radius 1 is 1.20 bits per heavy atom. The summed E-state index contributed by atoms with van der Waals surface area (Å²) in [5.41, 5.74) is 0.487. The maximum absolute atomic E-state index is 12.0. The third kappa shape index (κ3) is 6.04. The largest absolute Gasteiger partial charge is 0.334 e. The van der Waals surface area contributed by atoms with Gasteiger partial charge in [0.25, 0.3) is 0 Å². The van der Waals surface area contributed by atoms with Gasteiger partial charge in [0.2, 0.25) is 5.91 Å². The minimum absolute atomic E-state index is 0.117. The highest BCUT2D eigenvalue weighted by Crippen LogP contribution is 2.16. The molecule has 25 heavy (non-hydrogen) atoms. The second-order valence-electron chi connectivity index (χ2n) is 6.46. The molecule has 1 aromatic rings. The fourth-order valence-corrected chi connectivity index (χ4v) is 3.49. The number of benzene rings is 1. The van der Waals surface area contributed by atoms with Crippen LogP contribution >= 0.6 is 0 Å². The van der Waals surface area contributed by atoms with Gasteiger partial charge in [-0.1, -0.05) is 18.9 Å².